The number of benzene rings is 2. The largest absolute Gasteiger partial charge is 0.381 e. The molecule has 8 heteroatoms. The van der Waals surface area contributed by atoms with Gasteiger partial charge in [0.1, 0.15) is 12.1 Å². The Labute approximate surface area is 160 Å². The smallest absolute Gasteiger partial charge is 0.347 e. The zero-order valence-corrected chi connectivity index (χ0v) is 15.0. The van der Waals surface area contributed by atoms with Crippen molar-refractivity contribution in [2.45, 2.75) is 18.3 Å². The molecule has 0 bridgehead atoms. The van der Waals surface area contributed by atoms with Crippen LogP contribution in [0.4, 0.5) is 10.1 Å². The molecule has 0 aliphatic carbocycles. The second-order valence-electron chi connectivity index (χ2n) is 6.74. The van der Waals surface area contributed by atoms with Crippen molar-refractivity contribution >= 4 is 11.6 Å². The van der Waals surface area contributed by atoms with Crippen LogP contribution in [0.2, 0.25) is 0 Å². The van der Waals surface area contributed by atoms with Crippen molar-refractivity contribution in [2.75, 3.05) is 18.5 Å². The Kier molecular flexibility index (Phi) is 4.79. The summed E-state index contributed by atoms with van der Waals surface area (Å²) in [4.78, 5) is 25.1. The van der Waals surface area contributed by atoms with E-state index in [1.54, 1.807) is 36.4 Å². The summed E-state index contributed by atoms with van der Waals surface area (Å²) in [7, 11) is 0. The van der Waals surface area contributed by atoms with Gasteiger partial charge in [0.05, 0.1) is 11.1 Å². The molecule has 2 aromatic carbocycles. The Morgan fingerprint density at radius 1 is 1.18 bits per heavy atom. The molecule has 1 saturated heterocycles. The number of nitrogens with one attached hydrogen (secondary N) is 2. The van der Waals surface area contributed by atoms with Crippen LogP contribution in [-0.4, -0.2) is 33.9 Å². The molecule has 1 aliphatic heterocycles. The predicted octanol–water partition coefficient (Wildman–Crippen LogP) is 2.39. The van der Waals surface area contributed by atoms with Crippen molar-refractivity contribution in [3.63, 3.8) is 0 Å². The van der Waals surface area contributed by atoms with Gasteiger partial charge in [-0.15, -0.1) is 0 Å². The molecule has 1 amide bonds. The van der Waals surface area contributed by atoms with Crippen LogP contribution >= 0.6 is 0 Å². The van der Waals surface area contributed by atoms with E-state index >= 15 is 0 Å². The van der Waals surface area contributed by atoms with Crippen LogP contribution in [0.1, 0.15) is 18.4 Å². The van der Waals surface area contributed by atoms with E-state index in [1.165, 1.54) is 23.0 Å². The van der Waals surface area contributed by atoms with Crippen molar-refractivity contribution < 1.29 is 13.9 Å². The number of carbonyl (C=O) groups excluding carboxylic acids is 1. The molecule has 144 valence electrons. The highest BCUT2D eigenvalue weighted by molar-refractivity contribution is 5.99. The molecule has 0 saturated carbocycles. The van der Waals surface area contributed by atoms with Gasteiger partial charge < -0.3 is 10.1 Å². The van der Waals surface area contributed by atoms with E-state index in [1.807, 2.05) is 0 Å². The topological polar surface area (TPSA) is 89.0 Å². The normalized spacial score (nSPS) is 15.9. The SMILES string of the molecule is O=C(Nc1cccc(-n2cn[nH]c2=O)c1)C1(c2cccc(F)c2)CCOCC1. The van der Waals surface area contributed by atoms with Gasteiger partial charge in [0.25, 0.3) is 0 Å². The second-order valence-corrected chi connectivity index (χ2v) is 6.74. The first-order valence-corrected chi connectivity index (χ1v) is 8.96. The number of nitrogens with zero attached hydrogens (tertiary/aromatic N) is 2. The minimum atomic E-state index is -0.872. The highest BCUT2D eigenvalue weighted by atomic mass is 19.1. The van der Waals surface area contributed by atoms with E-state index in [0.717, 1.165) is 0 Å². The van der Waals surface area contributed by atoms with Gasteiger partial charge in [-0.25, -0.2) is 18.9 Å². The van der Waals surface area contributed by atoms with Crippen molar-refractivity contribution in [1.82, 2.24) is 14.8 Å². The maximum absolute atomic E-state index is 13.8. The molecule has 0 radical (unpaired) electrons. The Morgan fingerprint density at radius 2 is 1.96 bits per heavy atom. The fraction of sp³-hybridized carbons (Fsp3) is 0.250. The first-order chi connectivity index (χ1) is 13.6. The molecule has 0 unspecified atom stereocenters. The number of H-pyrrole nitrogens is 1. The zero-order valence-electron chi connectivity index (χ0n) is 15.0. The fourth-order valence-corrected chi connectivity index (χ4v) is 3.57. The Hall–Kier alpha value is -3.26. The number of aromatic nitrogens is 3. The molecular weight excluding hydrogens is 363 g/mol. The monoisotopic (exact) mass is 382 g/mol. The lowest BCUT2D eigenvalue weighted by molar-refractivity contribution is -0.125. The number of halogens is 1. The zero-order chi connectivity index (χ0) is 19.6. The molecule has 7 nitrogen and oxygen atoms in total. The molecule has 3 aromatic rings. The summed E-state index contributed by atoms with van der Waals surface area (Å²) in [5, 5.41) is 8.97. The third kappa shape index (κ3) is 3.34. The molecule has 4 rings (SSSR count). The van der Waals surface area contributed by atoms with Crippen LogP contribution in [-0.2, 0) is 14.9 Å². The maximum Gasteiger partial charge on any atom is 0.347 e. The number of hydrogen-bond donors (Lipinski definition) is 2. The first-order valence-electron chi connectivity index (χ1n) is 8.96. The predicted molar refractivity (Wildman–Crippen MR) is 101 cm³/mol. The van der Waals surface area contributed by atoms with Crippen LogP contribution in [0.3, 0.4) is 0 Å². The number of rotatable bonds is 4. The Balaban J connectivity index is 1.66. The van der Waals surface area contributed by atoms with E-state index in [0.29, 0.717) is 43.0 Å². The summed E-state index contributed by atoms with van der Waals surface area (Å²) in [6, 6.07) is 13.1. The molecule has 1 aliphatic rings. The summed E-state index contributed by atoms with van der Waals surface area (Å²) in [5.41, 5.74) is 0.504. The molecule has 2 heterocycles. The van der Waals surface area contributed by atoms with Crippen LogP contribution in [0, 0.1) is 5.82 Å². The van der Waals surface area contributed by atoms with E-state index in [2.05, 4.69) is 15.5 Å². The van der Waals surface area contributed by atoms with Crippen molar-refractivity contribution in [2.24, 2.45) is 0 Å². The number of amides is 1. The van der Waals surface area contributed by atoms with E-state index in [4.69, 9.17) is 4.74 Å². The van der Waals surface area contributed by atoms with Crippen molar-refractivity contribution in [3.8, 4) is 5.69 Å². The van der Waals surface area contributed by atoms with Crippen LogP contribution in [0.15, 0.2) is 59.7 Å². The summed E-state index contributed by atoms with van der Waals surface area (Å²) in [5.74, 6) is -0.601. The van der Waals surface area contributed by atoms with E-state index < -0.39 is 5.41 Å². The summed E-state index contributed by atoms with van der Waals surface area (Å²) in [6.45, 7) is 0.850. The number of carbonyl (C=O) groups is 1. The maximum atomic E-state index is 13.8. The van der Waals surface area contributed by atoms with Crippen LogP contribution in [0.5, 0.6) is 0 Å². The van der Waals surface area contributed by atoms with Crippen molar-refractivity contribution in [1.29, 1.82) is 0 Å². The molecular formula is C20H19FN4O3. The summed E-state index contributed by atoms with van der Waals surface area (Å²) >= 11 is 0. The molecule has 0 spiro atoms. The molecule has 1 fully saturated rings. The Bertz CT molecular complexity index is 1050. The quantitative estimate of drug-likeness (QED) is 0.725. The molecule has 2 N–H and O–H groups in total. The third-order valence-corrected chi connectivity index (χ3v) is 5.09. The van der Waals surface area contributed by atoms with E-state index in [-0.39, 0.29) is 17.4 Å². The average molecular weight is 382 g/mol. The van der Waals surface area contributed by atoms with Gasteiger partial charge in [0.15, 0.2) is 0 Å². The number of ether oxygens (including phenoxy) is 1. The second kappa shape index (κ2) is 7.40. The van der Waals surface area contributed by atoms with Gasteiger partial charge in [-0.3, -0.25) is 4.79 Å². The van der Waals surface area contributed by atoms with Crippen molar-refractivity contribution in [3.05, 3.63) is 76.7 Å². The lowest BCUT2D eigenvalue weighted by atomic mass is 9.73. The summed E-state index contributed by atoms with van der Waals surface area (Å²) in [6.07, 6.45) is 2.29. The fourth-order valence-electron chi connectivity index (χ4n) is 3.57. The number of anilines is 1. The van der Waals surface area contributed by atoms with Crippen LogP contribution < -0.4 is 11.0 Å². The highest BCUT2D eigenvalue weighted by Gasteiger charge is 2.42. The van der Waals surface area contributed by atoms with Gasteiger partial charge in [-0.1, -0.05) is 18.2 Å². The minimum absolute atomic E-state index is 0.224. The van der Waals surface area contributed by atoms with E-state index in [9.17, 15) is 14.0 Å². The molecule has 0 atom stereocenters. The third-order valence-electron chi connectivity index (χ3n) is 5.09. The lowest BCUT2D eigenvalue weighted by Gasteiger charge is -2.36. The molecule has 28 heavy (non-hydrogen) atoms. The summed E-state index contributed by atoms with van der Waals surface area (Å²) < 4.78 is 20.6. The number of aromatic amines is 1. The van der Waals surface area contributed by atoms with Crippen LogP contribution in [0.25, 0.3) is 5.69 Å². The highest BCUT2D eigenvalue weighted by Crippen LogP contribution is 2.36. The van der Waals surface area contributed by atoms with Gasteiger partial charge in [-0.05, 0) is 48.7 Å². The van der Waals surface area contributed by atoms with Gasteiger partial charge >= 0.3 is 5.69 Å². The molecule has 1 aromatic heterocycles. The first kappa shape index (κ1) is 18.1. The number of hydrogen-bond acceptors (Lipinski definition) is 4. The lowest BCUT2D eigenvalue weighted by Crippen LogP contribution is -2.45. The van der Waals surface area contributed by atoms with Gasteiger partial charge in [0, 0.05) is 18.9 Å². The Morgan fingerprint density at radius 3 is 2.68 bits per heavy atom. The van der Waals surface area contributed by atoms with Gasteiger partial charge in [0.2, 0.25) is 5.91 Å². The van der Waals surface area contributed by atoms with Gasteiger partial charge in [-0.2, -0.15) is 5.10 Å². The minimum Gasteiger partial charge on any atom is -0.381 e. The average Bonchev–Trinajstić information content (AvgIpc) is 3.14. The standard InChI is InChI=1S/C20H19FN4O3/c21-15-4-1-3-14(11-15)20(7-9-28-10-8-20)18(26)23-16-5-2-6-17(12-16)25-13-22-24-19(25)27/h1-6,11-13H,7-10H2,(H,23,26)(H,24,27).